The lowest BCUT2D eigenvalue weighted by Crippen LogP contribution is -2.44. The minimum absolute atomic E-state index is 0.114. The highest BCUT2D eigenvalue weighted by atomic mass is 16.4. The Morgan fingerprint density at radius 2 is 1.80 bits per heavy atom. The second-order valence-corrected chi connectivity index (χ2v) is 7.31. The Labute approximate surface area is 148 Å². The van der Waals surface area contributed by atoms with E-state index in [1.165, 1.54) is 0 Å². The van der Waals surface area contributed by atoms with E-state index >= 15 is 0 Å². The second-order valence-electron chi connectivity index (χ2n) is 7.31. The third-order valence-electron chi connectivity index (χ3n) is 4.82. The number of carboxylic acids is 1. The maximum Gasteiger partial charge on any atom is 0.335 e. The number of carboxylic acid groups (broad SMARTS) is 1. The lowest BCUT2D eigenvalue weighted by molar-refractivity contribution is -0.141. The van der Waals surface area contributed by atoms with Gasteiger partial charge in [0.2, 0.25) is 5.91 Å². The fourth-order valence-corrected chi connectivity index (χ4v) is 3.47. The van der Waals surface area contributed by atoms with E-state index in [1.54, 1.807) is 12.1 Å². The number of carbonyl (C=O) groups is 2. The lowest BCUT2D eigenvalue weighted by Gasteiger charge is -2.35. The lowest BCUT2D eigenvalue weighted by atomic mass is 9.83. The molecule has 25 heavy (non-hydrogen) atoms. The van der Waals surface area contributed by atoms with Crippen LogP contribution in [-0.4, -0.2) is 28.4 Å². The van der Waals surface area contributed by atoms with Crippen LogP contribution in [0.2, 0.25) is 0 Å². The molecule has 1 heterocycles. The van der Waals surface area contributed by atoms with Crippen molar-refractivity contribution in [1.29, 1.82) is 0 Å². The summed E-state index contributed by atoms with van der Waals surface area (Å²) in [4.78, 5) is 26.1. The van der Waals surface area contributed by atoms with Crippen LogP contribution in [0.4, 0.5) is 0 Å². The third-order valence-corrected chi connectivity index (χ3v) is 4.82. The highest BCUT2D eigenvalue weighted by Gasteiger charge is 2.33. The highest BCUT2D eigenvalue weighted by Crippen LogP contribution is 2.28. The molecule has 130 valence electrons. The Morgan fingerprint density at radius 1 is 1.08 bits per heavy atom. The smallest absolute Gasteiger partial charge is 0.335 e. The topological polar surface area (TPSA) is 57.6 Å². The van der Waals surface area contributed by atoms with E-state index in [9.17, 15) is 14.7 Å². The van der Waals surface area contributed by atoms with E-state index in [-0.39, 0.29) is 11.5 Å². The molecule has 0 atom stereocenters. The van der Waals surface area contributed by atoms with Crippen molar-refractivity contribution in [2.24, 2.45) is 5.41 Å². The summed E-state index contributed by atoms with van der Waals surface area (Å²) in [6.45, 7) is 5.11. The van der Waals surface area contributed by atoms with Crippen molar-refractivity contribution < 1.29 is 14.7 Å². The molecule has 0 saturated heterocycles. The Hall–Kier alpha value is -2.62. The Kier molecular flexibility index (Phi) is 4.62. The van der Waals surface area contributed by atoms with Crippen LogP contribution in [0.5, 0.6) is 0 Å². The molecule has 0 fully saturated rings. The molecule has 1 amide bonds. The first-order valence-electron chi connectivity index (χ1n) is 8.55. The van der Waals surface area contributed by atoms with E-state index in [2.05, 4.69) is 0 Å². The van der Waals surface area contributed by atoms with Crippen molar-refractivity contribution in [3.63, 3.8) is 0 Å². The van der Waals surface area contributed by atoms with E-state index in [4.69, 9.17) is 0 Å². The Morgan fingerprint density at radius 3 is 2.48 bits per heavy atom. The van der Waals surface area contributed by atoms with Crippen molar-refractivity contribution in [2.45, 2.75) is 33.2 Å². The molecule has 2 aromatic carbocycles. The minimum atomic E-state index is -0.935. The molecule has 0 saturated carbocycles. The van der Waals surface area contributed by atoms with Crippen LogP contribution in [0.1, 0.15) is 40.9 Å². The average Bonchev–Trinajstić information content (AvgIpc) is 2.60. The standard InChI is InChI=1S/C21H23NO3/c1-21(2,13-15-6-4-3-5-7-15)20(25)22-11-10-16-8-9-17(19(23)24)12-18(16)14-22/h3-9,12H,10-11,13-14H2,1-2H3,(H,23,24). The summed E-state index contributed by atoms with van der Waals surface area (Å²) < 4.78 is 0. The predicted molar refractivity (Wildman–Crippen MR) is 96.4 cm³/mol. The molecule has 0 aliphatic carbocycles. The van der Waals surface area contributed by atoms with E-state index in [0.717, 1.165) is 23.1 Å². The monoisotopic (exact) mass is 337 g/mol. The molecule has 1 aliphatic heterocycles. The van der Waals surface area contributed by atoms with Gasteiger partial charge in [-0.25, -0.2) is 4.79 Å². The molecule has 1 N–H and O–H groups in total. The van der Waals surface area contributed by atoms with Gasteiger partial charge >= 0.3 is 5.97 Å². The number of nitrogens with zero attached hydrogens (tertiary/aromatic N) is 1. The van der Waals surface area contributed by atoms with Crippen LogP contribution in [0.3, 0.4) is 0 Å². The summed E-state index contributed by atoms with van der Waals surface area (Å²) in [6.07, 6.45) is 1.45. The maximum absolute atomic E-state index is 13.1. The normalized spacial score (nSPS) is 14.1. The van der Waals surface area contributed by atoms with Crippen LogP contribution >= 0.6 is 0 Å². The molecule has 0 spiro atoms. The van der Waals surface area contributed by atoms with E-state index < -0.39 is 11.4 Å². The molecular weight excluding hydrogens is 314 g/mol. The zero-order chi connectivity index (χ0) is 18.0. The molecule has 0 unspecified atom stereocenters. The largest absolute Gasteiger partial charge is 0.478 e. The predicted octanol–water partition coefficient (Wildman–Crippen LogP) is 3.54. The number of carbonyl (C=O) groups excluding carboxylic acids is 1. The van der Waals surface area contributed by atoms with Gasteiger partial charge in [0, 0.05) is 18.5 Å². The number of amides is 1. The molecule has 0 aromatic heterocycles. The van der Waals surface area contributed by atoms with Gasteiger partial charge < -0.3 is 10.0 Å². The van der Waals surface area contributed by atoms with Gasteiger partial charge in [-0.05, 0) is 41.7 Å². The van der Waals surface area contributed by atoms with Gasteiger partial charge in [0.1, 0.15) is 0 Å². The van der Waals surface area contributed by atoms with Crippen LogP contribution < -0.4 is 0 Å². The van der Waals surface area contributed by atoms with Crippen LogP contribution in [0.15, 0.2) is 48.5 Å². The van der Waals surface area contributed by atoms with Gasteiger partial charge in [-0.2, -0.15) is 0 Å². The second kappa shape index (κ2) is 6.71. The van der Waals surface area contributed by atoms with Crippen molar-refractivity contribution >= 4 is 11.9 Å². The summed E-state index contributed by atoms with van der Waals surface area (Å²) in [5.74, 6) is -0.821. The summed E-state index contributed by atoms with van der Waals surface area (Å²) in [6, 6.07) is 15.2. The third kappa shape index (κ3) is 3.73. The van der Waals surface area contributed by atoms with Crippen LogP contribution in [-0.2, 0) is 24.2 Å². The first kappa shape index (κ1) is 17.2. The number of hydrogen-bond acceptors (Lipinski definition) is 2. The first-order valence-corrected chi connectivity index (χ1v) is 8.55. The SMILES string of the molecule is CC(C)(Cc1ccccc1)C(=O)N1CCc2ccc(C(=O)O)cc2C1. The number of aromatic carboxylic acids is 1. The van der Waals surface area contributed by atoms with Gasteiger partial charge in [-0.3, -0.25) is 4.79 Å². The molecular formula is C21H23NO3. The van der Waals surface area contributed by atoms with Crippen LogP contribution in [0.25, 0.3) is 0 Å². The summed E-state index contributed by atoms with van der Waals surface area (Å²) in [7, 11) is 0. The summed E-state index contributed by atoms with van der Waals surface area (Å²) in [5, 5.41) is 9.17. The fourth-order valence-electron chi connectivity index (χ4n) is 3.47. The molecule has 1 aliphatic rings. The Balaban J connectivity index is 1.77. The molecule has 4 heteroatoms. The fraction of sp³-hybridized carbons (Fsp3) is 0.333. The molecule has 0 radical (unpaired) electrons. The Bertz CT molecular complexity index is 796. The zero-order valence-electron chi connectivity index (χ0n) is 14.7. The zero-order valence-corrected chi connectivity index (χ0v) is 14.7. The molecule has 4 nitrogen and oxygen atoms in total. The van der Waals surface area contributed by atoms with Crippen molar-refractivity contribution in [1.82, 2.24) is 4.90 Å². The van der Waals surface area contributed by atoms with E-state index in [0.29, 0.717) is 19.5 Å². The molecule has 0 bridgehead atoms. The summed E-state index contributed by atoms with van der Waals surface area (Å²) >= 11 is 0. The van der Waals surface area contributed by atoms with Crippen molar-refractivity contribution in [3.05, 3.63) is 70.8 Å². The van der Waals surface area contributed by atoms with Gasteiger partial charge in [-0.1, -0.05) is 50.2 Å². The quantitative estimate of drug-likeness (QED) is 0.928. The van der Waals surface area contributed by atoms with Gasteiger partial charge in [0.05, 0.1) is 5.56 Å². The number of rotatable bonds is 4. The maximum atomic E-state index is 13.1. The summed E-state index contributed by atoms with van der Waals surface area (Å²) in [5.41, 5.74) is 3.00. The molecule has 3 rings (SSSR count). The number of fused-ring (bicyclic) bond motifs is 1. The van der Waals surface area contributed by atoms with Gasteiger partial charge in [0.15, 0.2) is 0 Å². The number of benzene rings is 2. The van der Waals surface area contributed by atoms with Crippen LogP contribution in [0, 0.1) is 5.41 Å². The highest BCUT2D eigenvalue weighted by molar-refractivity contribution is 5.88. The van der Waals surface area contributed by atoms with Gasteiger partial charge in [-0.15, -0.1) is 0 Å². The van der Waals surface area contributed by atoms with E-state index in [1.807, 2.05) is 55.1 Å². The molecule has 2 aromatic rings. The average molecular weight is 337 g/mol. The van der Waals surface area contributed by atoms with Crippen molar-refractivity contribution in [3.8, 4) is 0 Å². The minimum Gasteiger partial charge on any atom is -0.478 e. The van der Waals surface area contributed by atoms with Crippen molar-refractivity contribution in [2.75, 3.05) is 6.54 Å². The number of hydrogen-bond donors (Lipinski definition) is 1. The first-order chi connectivity index (χ1) is 11.9. The van der Waals surface area contributed by atoms with Gasteiger partial charge in [0.25, 0.3) is 0 Å².